The van der Waals surface area contributed by atoms with Gasteiger partial charge in [-0.1, -0.05) is 17.7 Å². The predicted molar refractivity (Wildman–Crippen MR) is 65.4 cm³/mol. The molecule has 0 aliphatic heterocycles. The summed E-state index contributed by atoms with van der Waals surface area (Å²) in [5, 5.41) is 3.31. The largest absolute Gasteiger partial charge is 0.307 e. The van der Waals surface area contributed by atoms with Crippen LogP contribution >= 0.6 is 0 Å². The molecule has 88 valence electrons. The summed E-state index contributed by atoms with van der Waals surface area (Å²) in [6.07, 6.45) is 1.07. The van der Waals surface area contributed by atoms with E-state index in [2.05, 4.69) is 38.2 Å². The number of alkyl halides is 1. The monoisotopic (exact) mass is 221 g/mol. The van der Waals surface area contributed by atoms with Crippen LogP contribution in [-0.4, -0.2) is 12.2 Å². The molecule has 0 amide bonds. The minimum Gasteiger partial charge on any atom is -0.307 e. The lowest BCUT2D eigenvalue weighted by Crippen LogP contribution is -2.45. The third kappa shape index (κ3) is 2.27. The van der Waals surface area contributed by atoms with Gasteiger partial charge in [-0.2, -0.15) is 0 Å². The fourth-order valence-corrected chi connectivity index (χ4v) is 2.41. The molecular weight excluding hydrogens is 201 g/mol. The Bertz CT molecular complexity index is 363. The highest BCUT2D eigenvalue weighted by Crippen LogP contribution is 2.24. The van der Waals surface area contributed by atoms with E-state index < -0.39 is 6.17 Å². The van der Waals surface area contributed by atoms with Crippen molar-refractivity contribution in [3.05, 3.63) is 34.4 Å². The number of nitrogens with one attached hydrogen (secondary N) is 1. The van der Waals surface area contributed by atoms with E-state index in [4.69, 9.17) is 0 Å². The number of benzene rings is 1. The summed E-state index contributed by atoms with van der Waals surface area (Å²) in [6, 6.07) is 4.47. The van der Waals surface area contributed by atoms with Gasteiger partial charge in [0, 0.05) is 12.6 Å². The highest BCUT2D eigenvalue weighted by molar-refractivity contribution is 5.37. The Kier molecular flexibility index (Phi) is 3.29. The number of aryl methyl sites for hydroxylation is 3. The van der Waals surface area contributed by atoms with Gasteiger partial charge in [0.1, 0.15) is 6.17 Å². The molecule has 0 spiro atoms. The Hall–Kier alpha value is -0.890. The van der Waals surface area contributed by atoms with Crippen molar-refractivity contribution in [1.29, 1.82) is 0 Å². The molecule has 0 radical (unpaired) electrons. The minimum absolute atomic E-state index is 0.0834. The van der Waals surface area contributed by atoms with Crippen LogP contribution in [0.3, 0.4) is 0 Å². The summed E-state index contributed by atoms with van der Waals surface area (Å²) in [5.41, 5.74) is 5.23. The van der Waals surface area contributed by atoms with Crippen molar-refractivity contribution >= 4 is 0 Å². The van der Waals surface area contributed by atoms with Crippen molar-refractivity contribution in [2.24, 2.45) is 0 Å². The second-order valence-electron chi connectivity index (χ2n) is 4.96. The molecule has 1 fully saturated rings. The maximum atomic E-state index is 13.1. The first-order valence-electron chi connectivity index (χ1n) is 6.02. The van der Waals surface area contributed by atoms with Crippen molar-refractivity contribution in [3.63, 3.8) is 0 Å². The summed E-state index contributed by atoms with van der Waals surface area (Å²) in [5.74, 6) is 0. The van der Waals surface area contributed by atoms with Crippen LogP contribution in [0.25, 0.3) is 0 Å². The number of rotatable bonds is 3. The maximum absolute atomic E-state index is 13.1. The van der Waals surface area contributed by atoms with E-state index in [1.807, 2.05) is 0 Å². The molecule has 2 atom stereocenters. The Balaban J connectivity index is 2.03. The van der Waals surface area contributed by atoms with E-state index in [0.717, 1.165) is 19.4 Å². The Labute approximate surface area is 97.1 Å². The number of hydrogen-bond donors (Lipinski definition) is 1. The number of halogens is 1. The van der Waals surface area contributed by atoms with E-state index >= 15 is 0 Å². The molecule has 1 nitrogen and oxygen atoms in total. The van der Waals surface area contributed by atoms with Crippen LogP contribution in [0.1, 0.15) is 35.1 Å². The van der Waals surface area contributed by atoms with E-state index in [1.165, 1.54) is 22.3 Å². The maximum Gasteiger partial charge on any atom is 0.115 e. The average molecular weight is 221 g/mol. The molecule has 2 rings (SSSR count). The van der Waals surface area contributed by atoms with E-state index in [0.29, 0.717) is 0 Å². The molecule has 1 aromatic rings. The van der Waals surface area contributed by atoms with Crippen LogP contribution in [0.2, 0.25) is 0 Å². The SMILES string of the molecule is Cc1cc(C)c(CNC2CCC2F)c(C)c1. The molecule has 0 heterocycles. The molecule has 1 aromatic carbocycles. The summed E-state index contributed by atoms with van der Waals surface area (Å²) in [6.45, 7) is 7.17. The normalized spacial score (nSPS) is 24.2. The molecule has 2 heteroatoms. The van der Waals surface area contributed by atoms with Gasteiger partial charge in [0.25, 0.3) is 0 Å². The Morgan fingerprint density at radius 2 is 1.81 bits per heavy atom. The highest BCUT2D eigenvalue weighted by Gasteiger charge is 2.29. The van der Waals surface area contributed by atoms with Gasteiger partial charge < -0.3 is 5.32 Å². The van der Waals surface area contributed by atoms with Gasteiger partial charge in [-0.3, -0.25) is 0 Å². The second-order valence-corrected chi connectivity index (χ2v) is 4.96. The lowest BCUT2D eigenvalue weighted by Gasteiger charge is -2.31. The van der Waals surface area contributed by atoms with Crippen LogP contribution in [0.5, 0.6) is 0 Å². The fourth-order valence-electron chi connectivity index (χ4n) is 2.41. The lowest BCUT2D eigenvalue weighted by molar-refractivity contribution is 0.141. The molecule has 1 saturated carbocycles. The van der Waals surface area contributed by atoms with Crippen molar-refractivity contribution in [2.45, 2.75) is 52.4 Å². The first-order chi connectivity index (χ1) is 7.58. The zero-order valence-corrected chi connectivity index (χ0v) is 10.3. The summed E-state index contributed by atoms with van der Waals surface area (Å²) >= 11 is 0. The van der Waals surface area contributed by atoms with Crippen molar-refractivity contribution in [2.75, 3.05) is 0 Å². The molecule has 0 bridgehead atoms. The van der Waals surface area contributed by atoms with Crippen molar-refractivity contribution < 1.29 is 4.39 Å². The smallest absolute Gasteiger partial charge is 0.115 e. The third-order valence-corrected chi connectivity index (χ3v) is 3.57. The standard InChI is InChI=1S/C14H20FN/c1-9-6-10(2)12(11(3)7-9)8-16-14-5-4-13(14)15/h6-7,13-14,16H,4-5,8H2,1-3H3. The van der Waals surface area contributed by atoms with Crippen LogP contribution in [0, 0.1) is 20.8 Å². The quantitative estimate of drug-likeness (QED) is 0.826. The Morgan fingerprint density at radius 3 is 2.25 bits per heavy atom. The first-order valence-corrected chi connectivity index (χ1v) is 6.02. The van der Waals surface area contributed by atoms with Gasteiger partial charge in [0.05, 0.1) is 0 Å². The van der Waals surface area contributed by atoms with Crippen LogP contribution in [0.15, 0.2) is 12.1 Å². The third-order valence-electron chi connectivity index (χ3n) is 3.57. The van der Waals surface area contributed by atoms with Gasteiger partial charge in [-0.15, -0.1) is 0 Å². The van der Waals surface area contributed by atoms with Gasteiger partial charge in [-0.05, 0) is 50.3 Å². The van der Waals surface area contributed by atoms with Gasteiger partial charge in [0.15, 0.2) is 0 Å². The lowest BCUT2D eigenvalue weighted by atomic mass is 9.90. The van der Waals surface area contributed by atoms with Gasteiger partial charge >= 0.3 is 0 Å². The van der Waals surface area contributed by atoms with Gasteiger partial charge in [-0.25, -0.2) is 4.39 Å². The predicted octanol–water partition coefficient (Wildman–Crippen LogP) is 3.20. The van der Waals surface area contributed by atoms with E-state index in [1.54, 1.807) is 0 Å². The van der Waals surface area contributed by atoms with E-state index in [9.17, 15) is 4.39 Å². The molecule has 1 aliphatic carbocycles. The molecule has 0 saturated heterocycles. The van der Waals surface area contributed by atoms with Crippen molar-refractivity contribution in [3.8, 4) is 0 Å². The molecule has 16 heavy (non-hydrogen) atoms. The average Bonchev–Trinajstić information content (AvgIpc) is 2.19. The summed E-state index contributed by atoms with van der Waals surface area (Å²) in [4.78, 5) is 0. The topological polar surface area (TPSA) is 12.0 Å². The highest BCUT2D eigenvalue weighted by atomic mass is 19.1. The first kappa shape index (κ1) is 11.6. The fraction of sp³-hybridized carbons (Fsp3) is 0.571. The summed E-state index contributed by atoms with van der Waals surface area (Å²) in [7, 11) is 0. The minimum atomic E-state index is -0.633. The van der Waals surface area contributed by atoms with Crippen molar-refractivity contribution in [1.82, 2.24) is 5.32 Å². The molecule has 2 unspecified atom stereocenters. The Morgan fingerprint density at radius 1 is 1.19 bits per heavy atom. The van der Waals surface area contributed by atoms with Crippen LogP contribution in [0.4, 0.5) is 4.39 Å². The molecule has 1 N–H and O–H groups in total. The molecule has 0 aromatic heterocycles. The zero-order chi connectivity index (χ0) is 11.7. The molecular formula is C14H20FN. The van der Waals surface area contributed by atoms with E-state index in [-0.39, 0.29) is 6.04 Å². The molecule has 1 aliphatic rings. The van der Waals surface area contributed by atoms with Crippen LogP contribution in [-0.2, 0) is 6.54 Å². The second kappa shape index (κ2) is 4.54. The number of hydrogen-bond acceptors (Lipinski definition) is 1. The van der Waals surface area contributed by atoms with Crippen LogP contribution < -0.4 is 5.32 Å². The zero-order valence-electron chi connectivity index (χ0n) is 10.3. The van der Waals surface area contributed by atoms with Gasteiger partial charge in [0.2, 0.25) is 0 Å². The summed E-state index contributed by atoms with van der Waals surface area (Å²) < 4.78 is 13.1.